The lowest BCUT2D eigenvalue weighted by Gasteiger charge is -2.00. The molecule has 0 radical (unpaired) electrons. The SMILES string of the molecule is NC(=O)C(=O)Nc1cc(-c2ccccc2)sc1C(=O)O. The van der Waals surface area contributed by atoms with Gasteiger partial charge >= 0.3 is 17.8 Å². The van der Waals surface area contributed by atoms with Crippen LogP contribution in [0.15, 0.2) is 36.4 Å². The molecule has 0 aliphatic carbocycles. The Kier molecular flexibility index (Phi) is 3.81. The Morgan fingerprint density at radius 2 is 1.80 bits per heavy atom. The number of hydrogen-bond donors (Lipinski definition) is 3. The van der Waals surface area contributed by atoms with Gasteiger partial charge in [0.25, 0.3) is 0 Å². The van der Waals surface area contributed by atoms with E-state index in [9.17, 15) is 14.4 Å². The molecule has 0 bridgehead atoms. The van der Waals surface area contributed by atoms with Crippen molar-refractivity contribution in [1.29, 1.82) is 0 Å². The maximum Gasteiger partial charge on any atom is 0.348 e. The van der Waals surface area contributed by atoms with Crippen molar-refractivity contribution in [3.63, 3.8) is 0 Å². The lowest BCUT2D eigenvalue weighted by Crippen LogP contribution is -2.29. The first-order chi connectivity index (χ1) is 9.49. The highest BCUT2D eigenvalue weighted by Gasteiger charge is 2.19. The van der Waals surface area contributed by atoms with E-state index in [4.69, 9.17) is 10.8 Å². The molecule has 102 valence electrons. The number of nitrogens with one attached hydrogen (secondary N) is 1. The zero-order valence-electron chi connectivity index (χ0n) is 10.1. The van der Waals surface area contributed by atoms with Crippen LogP contribution in [0.1, 0.15) is 9.67 Å². The van der Waals surface area contributed by atoms with Crippen LogP contribution in [-0.4, -0.2) is 22.9 Å². The molecule has 1 aromatic carbocycles. The highest BCUT2D eigenvalue weighted by Crippen LogP contribution is 2.34. The molecule has 1 aromatic heterocycles. The summed E-state index contributed by atoms with van der Waals surface area (Å²) >= 11 is 1.01. The summed E-state index contributed by atoms with van der Waals surface area (Å²) in [5.41, 5.74) is 5.71. The molecular weight excluding hydrogens is 280 g/mol. The zero-order chi connectivity index (χ0) is 14.7. The molecule has 0 aliphatic rings. The second-order valence-electron chi connectivity index (χ2n) is 3.84. The van der Waals surface area contributed by atoms with Crippen molar-refractivity contribution in [3.8, 4) is 10.4 Å². The summed E-state index contributed by atoms with van der Waals surface area (Å²) in [4.78, 5) is 33.8. The number of amides is 2. The fourth-order valence-electron chi connectivity index (χ4n) is 1.57. The van der Waals surface area contributed by atoms with Crippen molar-refractivity contribution in [2.24, 2.45) is 5.73 Å². The summed E-state index contributed by atoms with van der Waals surface area (Å²) in [7, 11) is 0. The third-order valence-electron chi connectivity index (χ3n) is 2.46. The van der Waals surface area contributed by atoms with E-state index in [2.05, 4.69) is 5.32 Å². The number of carbonyl (C=O) groups is 3. The van der Waals surface area contributed by atoms with Gasteiger partial charge < -0.3 is 16.2 Å². The van der Waals surface area contributed by atoms with Crippen molar-refractivity contribution in [2.45, 2.75) is 0 Å². The lowest BCUT2D eigenvalue weighted by atomic mass is 10.2. The number of hydrogen-bond acceptors (Lipinski definition) is 4. The van der Waals surface area contributed by atoms with Gasteiger partial charge in [-0.15, -0.1) is 11.3 Å². The summed E-state index contributed by atoms with van der Waals surface area (Å²) in [6, 6.07) is 10.6. The second-order valence-corrected chi connectivity index (χ2v) is 4.90. The second kappa shape index (κ2) is 5.54. The molecule has 0 saturated carbocycles. The van der Waals surface area contributed by atoms with Gasteiger partial charge in [-0.05, 0) is 11.6 Å². The van der Waals surface area contributed by atoms with E-state index in [1.807, 2.05) is 30.3 Å². The standard InChI is InChI=1S/C13H10N2O4S/c14-11(16)12(17)15-8-6-9(20-10(8)13(18)19)7-4-2-1-3-5-7/h1-6H,(H2,14,16)(H,15,17)(H,18,19). The van der Waals surface area contributed by atoms with Gasteiger partial charge in [-0.3, -0.25) is 9.59 Å². The van der Waals surface area contributed by atoms with Crippen molar-refractivity contribution in [3.05, 3.63) is 41.3 Å². The Morgan fingerprint density at radius 3 is 2.35 bits per heavy atom. The number of aromatic carboxylic acids is 1. The van der Waals surface area contributed by atoms with E-state index in [0.29, 0.717) is 4.88 Å². The van der Waals surface area contributed by atoms with Crippen LogP contribution >= 0.6 is 11.3 Å². The van der Waals surface area contributed by atoms with Gasteiger partial charge in [0.15, 0.2) is 0 Å². The number of benzene rings is 1. The largest absolute Gasteiger partial charge is 0.477 e. The smallest absolute Gasteiger partial charge is 0.348 e. The first-order valence-electron chi connectivity index (χ1n) is 5.52. The number of rotatable bonds is 3. The Bertz CT molecular complexity index is 679. The average Bonchev–Trinajstić information content (AvgIpc) is 2.83. The molecule has 7 heteroatoms. The van der Waals surface area contributed by atoms with Gasteiger partial charge in [-0.2, -0.15) is 0 Å². The van der Waals surface area contributed by atoms with Crippen molar-refractivity contribution in [2.75, 3.05) is 5.32 Å². The summed E-state index contributed by atoms with van der Waals surface area (Å²) in [5.74, 6) is -3.41. The Morgan fingerprint density at radius 1 is 1.15 bits per heavy atom. The highest BCUT2D eigenvalue weighted by atomic mass is 32.1. The molecule has 20 heavy (non-hydrogen) atoms. The summed E-state index contributed by atoms with van der Waals surface area (Å²) in [5, 5.41) is 11.3. The van der Waals surface area contributed by atoms with Crippen LogP contribution in [0, 0.1) is 0 Å². The molecule has 0 aliphatic heterocycles. The van der Waals surface area contributed by atoms with Crippen LogP contribution in [0.5, 0.6) is 0 Å². The van der Waals surface area contributed by atoms with E-state index in [0.717, 1.165) is 16.9 Å². The molecule has 0 fully saturated rings. The Labute approximate surface area is 117 Å². The fourth-order valence-corrected chi connectivity index (χ4v) is 2.53. The zero-order valence-corrected chi connectivity index (χ0v) is 10.9. The van der Waals surface area contributed by atoms with E-state index in [1.54, 1.807) is 0 Å². The van der Waals surface area contributed by atoms with Crippen molar-refractivity contribution < 1.29 is 19.5 Å². The number of carbonyl (C=O) groups excluding carboxylic acids is 2. The molecule has 0 spiro atoms. The summed E-state index contributed by atoms with van der Waals surface area (Å²) < 4.78 is 0. The molecule has 1 heterocycles. The van der Waals surface area contributed by atoms with Gasteiger partial charge in [0.2, 0.25) is 0 Å². The molecule has 2 rings (SSSR count). The van der Waals surface area contributed by atoms with E-state index >= 15 is 0 Å². The number of nitrogens with two attached hydrogens (primary N) is 1. The molecule has 0 saturated heterocycles. The van der Waals surface area contributed by atoms with Gasteiger partial charge in [0, 0.05) is 4.88 Å². The van der Waals surface area contributed by atoms with Crippen LogP contribution in [0.3, 0.4) is 0 Å². The summed E-state index contributed by atoms with van der Waals surface area (Å²) in [6.07, 6.45) is 0. The van der Waals surface area contributed by atoms with Gasteiger partial charge in [-0.25, -0.2) is 4.79 Å². The van der Waals surface area contributed by atoms with Crippen LogP contribution in [0.25, 0.3) is 10.4 Å². The number of anilines is 1. The topological polar surface area (TPSA) is 109 Å². The van der Waals surface area contributed by atoms with Gasteiger partial charge in [0.05, 0.1) is 5.69 Å². The predicted octanol–water partition coefficient (Wildman–Crippen LogP) is 1.54. The van der Waals surface area contributed by atoms with E-state index < -0.39 is 17.8 Å². The van der Waals surface area contributed by atoms with Crippen molar-refractivity contribution >= 4 is 34.8 Å². The number of carboxylic acids is 1. The molecule has 2 amide bonds. The first-order valence-corrected chi connectivity index (χ1v) is 6.34. The predicted molar refractivity (Wildman–Crippen MR) is 74.5 cm³/mol. The normalized spacial score (nSPS) is 10.0. The minimum absolute atomic E-state index is 0.0570. The molecule has 2 aromatic rings. The Balaban J connectivity index is 2.41. The van der Waals surface area contributed by atoms with Crippen molar-refractivity contribution in [1.82, 2.24) is 0 Å². The third kappa shape index (κ3) is 2.83. The van der Waals surface area contributed by atoms with Crippen LogP contribution in [0.4, 0.5) is 5.69 Å². The maximum atomic E-state index is 11.3. The molecule has 0 atom stereocenters. The van der Waals surface area contributed by atoms with Gasteiger partial charge in [-0.1, -0.05) is 30.3 Å². The lowest BCUT2D eigenvalue weighted by molar-refractivity contribution is -0.134. The molecule has 0 unspecified atom stereocenters. The first kappa shape index (κ1) is 13.8. The quantitative estimate of drug-likeness (QED) is 0.745. The molecular formula is C13H10N2O4S. The minimum Gasteiger partial charge on any atom is -0.477 e. The molecule has 4 N–H and O–H groups in total. The monoisotopic (exact) mass is 290 g/mol. The Hall–Kier alpha value is -2.67. The van der Waals surface area contributed by atoms with E-state index in [1.165, 1.54) is 6.07 Å². The number of thiophene rings is 1. The summed E-state index contributed by atoms with van der Waals surface area (Å²) in [6.45, 7) is 0. The number of primary amides is 1. The van der Waals surface area contributed by atoms with Crippen LogP contribution in [-0.2, 0) is 9.59 Å². The van der Waals surface area contributed by atoms with E-state index in [-0.39, 0.29) is 10.6 Å². The average molecular weight is 290 g/mol. The maximum absolute atomic E-state index is 11.3. The third-order valence-corrected chi connectivity index (χ3v) is 3.63. The van der Waals surface area contributed by atoms with Crippen LogP contribution < -0.4 is 11.1 Å². The highest BCUT2D eigenvalue weighted by molar-refractivity contribution is 7.18. The molecule has 6 nitrogen and oxygen atoms in total. The van der Waals surface area contributed by atoms with Gasteiger partial charge in [0.1, 0.15) is 4.88 Å². The fraction of sp³-hybridized carbons (Fsp3) is 0. The number of carboxylic acid groups (broad SMARTS) is 1. The minimum atomic E-state index is -1.18. The van der Waals surface area contributed by atoms with Crippen LogP contribution in [0.2, 0.25) is 0 Å².